The van der Waals surface area contributed by atoms with Crippen LogP contribution in [0.4, 0.5) is 0 Å². The molecule has 3 heteroatoms. The van der Waals surface area contributed by atoms with E-state index in [4.69, 9.17) is 9.73 Å². The van der Waals surface area contributed by atoms with E-state index in [-0.39, 0.29) is 12.1 Å². The quantitative estimate of drug-likeness (QED) is 0.156. The Balaban J connectivity index is 1.34. The molecule has 8 aromatic carbocycles. The Morgan fingerprint density at radius 1 is 0.420 bits per heavy atom. The Morgan fingerprint density at radius 3 is 1.50 bits per heavy atom. The second-order valence-electron chi connectivity index (χ2n) is 12.6. The number of benzene rings is 8. The molecule has 0 fully saturated rings. The highest BCUT2D eigenvalue weighted by molar-refractivity contribution is 7.80. The smallest absolute Gasteiger partial charge is 0.218 e. The molecule has 238 valence electrons. The van der Waals surface area contributed by atoms with Gasteiger partial charge in [-0.15, -0.1) is 0 Å². The summed E-state index contributed by atoms with van der Waals surface area (Å²) in [5.74, 6) is 0.677. The van der Waals surface area contributed by atoms with Crippen molar-refractivity contribution in [2.24, 2.45) is 4.99 Å². The second-order valence-corrected chi connectivity index (χ2v) is 14.8. The van der Waals surface area contributed by atoms with Crippen molar-refractivity contribution in [1.29, 1.82) is 0 Å². The lowest BCUT2D eigenvalue weighted by molar-refractivity contribution is 0.197. The molecular formula is C47H34NOP. The number of fused-ring (bicyclic) bond motifs is 2. The van der Waals surface area contributed by atoms with Gasteiger partial charge in [-0.05, 0) is 68.1 Å². The molecule has 0 saturated heterocycles. The van der Waals surface area contributed by atoms with Crippen LogP contribution in [0.5, 0.6) is 0 Å². The van der Waals surface area contributed by atoms with Crippen molar-refractivity contribution in [2.45, 2.75) is 12.1 Å². The standard InChI is InChI=1S/C47H34NOP/c1-5-19-35(20-6-1)45-46(36-21-7-2-8-22-36)49-47(48-45)41-31-29-33-17-13-15-27-39(33)43(41)44-40-28-16-14-18-34(40)30-32-42(44)50(37-23-9-3-10-24-37)38-25-11-4-12-26-38/h1-32,45-46H/t45-,46-/m0/s1. The third-order valence-electron chi connectivity index (χ3n) is 9.64. The number of aliphatic imine (C=N–C) groups is 1. The largest absolute Gasteiger partial charge is 0.467 e. The summed E-state index contributed by atoms with van der Waals surface area (Å²) in [5, 5.41) is 8.74. The molecule has 0 aliphatic carbocycles. The molecule has 0 spiro atoms. The fourth-order valence-electron chi connectivity index (χ4n) is 7.34. The average molecular weight is 660 g/mol. The van der Waals surface area contributed by atoms with Crippen LogP contribution in [0, 0.1) is 0 Å². The van der Waals surface area contributed by atoms with Crippen LogP contribution in [-0.2, 0) is 4.74 Å². The van der Waals surface area contributed by atoms with E-state index in [0.29, 0.717) is 5.90 Å². The van der Waals surface area contributed by atoms with E-state index in [0.717, 1.165) is 22.3 Å². The average Bonchev–Trinajstić information content (AvgIpc) is 3.65. The van der Waals surface area contributed by atoms with E-state index in [1.165, 1.54) is 43.0 Å². The van der Waals surface area contributed by atoms with Crippen LogP contribution in [0.2, 0.25) is 0 Å². The minimum Gasteiger partial charge on any atom is -0.467 e. The second kappa shape index (κ2) is 13.2. The minimum atomic E-state index is -0.914. The van der Waals surface area contributed by atoms with Crippen molar-refractivity contribution in [1.82, 2.24) is 0 Å². The molecule has 1 aliphatic heterocycles. The molecule has 0 amide bonds. The lowest BCUT2D eigenvalue weighted by Gasteiger charge is -2.26. The van der Waals surface area contributed by atoms with Gasteiger partial charge in [-0.1, -0.05) is 188 Å². The number of hydrogen-bond donors (Lipinski definition) is 0. The third-order valence-corrected chi connectivity index (χ3v) is 12.1. The Kier molecular flexibility index (Phi) is 8.01. The zero-order chi connectivity index (χ0) is 33.3. The third kappa shape index (κ3) is 5.49. The Labute approximate surface area is 294 Å². The summed E-state index contributed by atoms with van der Waals surface area (Å²) in [6.07, 6.45) is -0.245. The first kappa shape index (κ1) is 30.3. The molecule has 8 aromatic rings. The van der Waals surface area contributed by atoms with Gasteiger partial charge < -0.3 is 4.74 Å². The first-order valence-corrected chi connectivity index (χ1v) is 18.5. The molecule has 0 radical (unpaired) electrons. The van der Waals surface area contributed by atoms with E-state index < -0.39 is 7.92 Å². The molecule has 0 aromatic heterocycles. The highest BCUT2D eigenvalue weighted by Crippen LogP contribution is 2.46. The van der Waals surface area contributed by atoms with Gasteiger partial charge in [-0.2, -0.15) is 0 Å². The topological polar surface area (TPSA) is 21.6 Å². The maximum Gasteiger partial charge on any atom is 0.218 e. The summed E-state index contributed by atoms with van der Waals surface area (Å²) >= 11 is 0. The normalized spacial score (nSPS) is 15.7. The molecule has 0 bridgehead atoms. The van der Waals surface area contributed by atoms with Crippen molar-refractivity contribution in [2.75, 3.05) is 0 Å². The molecule has 9 rings (SSSR count). The van der Waals surface area contributed by atoms with Gasteiger partial charge in [0.1, 0.15) is 6.04 Å². The zero-order valence-electron chi connectivity index (χ0n) is 27.4. The summed E-state index contributed by atoms with van der Waals surface area (Å²) in [4.78, 5) is 5.45. The van der Waals surface area contributed by atoms with Crippen LogP contribution in [-0.4, -0.2) is 5.90 Å². The first-order chi connectivity index (χ1) is 24.8. The van der Waals surface area contributed by atoms with Gasteiger partial charge in [0.2, 0.25) is 5.90 Å². The number of ether oxygens (including phenoxy) is 1. The number of nitrogens with zero attached hydrogens (tertiary/aromatic N) is 1. The van der Waals surface area contributed by atoms with E-state index in [9.17, 15) is 0 Å². The maximum absolute atomic E-state index is 7.05. The Hall–Kier alpha value is -5.82. The molecular weight excluding hydrogens is 625 g/mol. The summed E-state index contributed by atoms with van der Waals surface area (Å²) in [6.45, 7) is 0. The lowest BCUT2D eigenvalue weighted by Crippen LogP contribution is -2.23. The fraction of sp³-hybridized carbons (Fsp3) is 0.0426. The van der Waals surface area contributed by atoms with Crippen LogP contribution >= 0.6 is 7.92 Å². The summed E-state index contributed by atoms with van der Waals surface area (Å²) in [7, 11) is -0.914. The Morgan fingerprint density at radius 2 is 0.900 bits per heavy atom. The highest BCUT2D eigenvalue weighted by Gasteiger charge is 2.36. The van der Waals surface area contributed by atoms with Crippen LogP contribution in [0.1, 0.15) is 28.8 Å². The highest BCUT2D eigenvalue weighted by atomic mass is 31.1. The van der Waals surface area contributed by atoms with Gasteiger partial charge in [0.05, 0.1) is 0 Å². The van der Waals surface area contributed by atoms with Crippen LogP contribution in [0.25, 0.3) is 32.7 Å². The predicted molar refractivity (Wildman–Crippen MR) is 212 cm³/mol. The Bertz CT molecular complexity index is 2420. The van der Waals surface area contributed by atoms with E-state index >= 15 is 0 Å². The zero-order valence-corrected chi connectivity index (χ0v) is 28.3. The molecule has 2 atom stereocenters. The summed E-state index contributed by atoms with van der Waals surface area (Å²) < 4.78 is 7.05. The first-order valence-electron chi connectivity index (χ1n) is 17.1. The van der Waals surface area contributed by atoms with Crippen LogP contribution in [0.15, 0.2) is 199 Å². The number of rotatable bonds is 7. The van der Waals surface area contributed by atoms with E-state index in [1.54, 1.807) is 0 Å². The van der Waals surface area contributed by atoms with Gasteiger partial charge in [0.15, 0.2) is 6.10 Å². The molecule has 2 nitrogen and oxygen atoms in total. The van der Waals surface area contributed by atoms with Crippen molar-refractivity contribution >= 4 is 51.3 Å². The van der Waals surface area contributed by atoms with E-state index in [2.05, 4.69) is 194 Å². The van der Waals surface area contributed by atoms with Crippen molar-refractivity contribution < 1.29 is 4.74 Å². The summed E-state index contributed by atoms with van der Waals surface area (Å²) in [5.41, 5.74) is 5.66. The van der Waals surface area contributed by atoms with Gasteiger partial charge in [-0.25, -0.2) is 4.99 Å². The summed E-state index contributed by atoms with van der Waals surface area (Å²) in [6, 6.07) is 69.5. The van der Waals surface area contributed by atoms with E-state index in [1.807, 2.05) is 0 Å². The molecule has 0 saturated carbocycles. The lowest BCUT2D eigenvalue weighted by atomic mass is 9.90. The molecule has 50 heavy (non-hydrogen) atoms. The van der Waals surface area contributed by atoms with Gasteiger partial charge in [0, 0.05) is 11.1 Å². The van der Waals surface area contributed by atoms with Gasteiger partial charge >= 0.3 is 0 Å². The van der Waals surface area contributed by atoms with Crippen molar-refractivity contribution in [3.8, 4) is 11.1 Å². The van der Waals surface area contributed by atoms with Crippen molar-refractivity contribution in [3.05, 3.63) is 211 Å². The van der Waals surface area contributed by atoms with Crippen molar-refractivity contribution in [3.63, 3.8) is 0 Å². The number of hydrogen-bond acceptors (Lipinski definition) is 2. The minimum absolute atomic E-state index is 0.175. The van der Waals surface area contributed by atoms with Gasteiger partial charge in [0.25, 0.3) is 0 Å². The predicted octanol–water partition coefficient (Wildman–Crippen LogP) is 10.7. The SMILES string of the molecule is c1ccc([C@@H]2N=C(c3ccc4ccccc4c3-c3c(P(c4ccccc4)c4ccccc4)ccc4ccccc34)O[C@H]2c2ccccc2)cc1. The van der Waals surface area contributed by atoms with Gasteiger partial charge in [-0.3, -0.25) is 0 Å². The maximum atomic E-state index is 7.05. The van der Waals surface area contributed by atoms with Crippen LogP contribution < -0.4 is 15.9 Å². The fourth-order valence-corrected chi connectivity index (χ4v) is 9.82. The molecule has 0 unspecified atom stereocenters. The monoisotopic (exact) mass is 659 g/mol. The molecule has 0 N–H and O–H groups in total. The molecule has 1 heterocycles. The van der Waals surface area contributed by atoms with Crippen LogP contribution in [0.3, 0.4) is 0 Å². The molecule has 1 aliphatic rings.